The summed E-state index contributed by atoms with van der Waals surface area (Å²) in [5.41, 5.74) is 0.988. The van der Waals surface area contributed by atoms with Crippen LogP contribution in [0.5, 0.6) is 11.5 Å². The number of rotatable bonds is 10. The van der Waals surface area contributed by atoms with Gasteiger partial charge in [-0.2, -0.15) is 0 Å². The Morgan fingerprint density at radius 1 is 1.25 bits per heavy atom. The first-order chi connectivity index (χ1) is 15.3. The number of methoxy groups -OCH3 is 1. The Hall–Kier alpha value is -2.84. The van der Waals surface area contributed by atoms with Gasteiger partial charge in [-0.3, -0.25) is 4.79 Å². The first kappa shape index (κ1) is 23.8. The Morgan fingerprint density at radius 2 is 2.03 bits per heavy atom. The van der Waals surface area contributed by atoms with E-state index in [1.807, 2.05) is 12.1 Å². The van der Waals surface area contributed by atoms with Crippen LogP contribution in [-0.2, 0) is 21.1 Å². The molecule has 1 amide bonds. The third kappa shape index (κ3) is 5.89. The Balaban J connectivity index is 1.92. The summed E-state index contributed by atoms with van der Waals surface area (Å²) in [5, 5.41) is 0. The molecule has 0 saturated carbocycles. The number of benzene rings is 2. The lowest BCUT2D eigenvalue weighted by molar-refractivity contribution is 0.0504. The largest absolute Gasteiger partial charge is 0.493 e. The van der Waals surface area contributed by atoms with Crippen LogP contribution in [0.1, 0.15) is 28.8 Å². The number of hydrogen-bond acceptors (Lipinski definition) is 6. The molecule has 0 N–H and O–H groups in total. The molecule has 2 aromatic rings. The molecule has 0 bridgehead atoms. The molecule has 172 valence electrons. The molecular weight excluding hydrogens is 430 g/mol. The van der Waals surface area contributed by atoms with Crippen LogP contribution in [0.3, 0.4) is 0 Å². The van der Waals surface area contributed by atoms with Crippen molar-refractivity contribution in [2.75, 3.05) is 33.1 Å². The van der Waals surface area contributed by atoms with Gasteiger partial charge in [-0.25, -0.2) is 8.42 Å². The highest BCUT2D eigenvalue weighted by atomic mass is 32.2. The molecule has 0 aliphatic carbocycles. The van der Waals surface area contributed by atoms with Crippen molar-refractivity contribution in [1.29, 1.82) is 0 Å². The Kier molecular flexibility index (Phi) is 7.93. The number of hydrogen-bond donors (Lipinski definition) is 0. The van der Waals surface area contributed by atoms with Gasteiger partial charge in [-0.1, -0.05) is 30.9 Å². The summed E-state index contributed by atoms with van der Waals surface area (Å²) in [6.07, 6.45) is 4.47. The van der Waals surface area contributed by atoms with E-state index < -0.39 is 9.84 Å². The SMILES string of the molecule is C=CCOc1ccc(CN(C[C@H]2CCCO2)C(=O)c2ccccc2S(C)(=O)=O)cc1OC. The molecule has 0 radical (unpaired) electrons. The van der Waals surface area contributed by atoms with E-state index in [9.17, 15) is 13.2 Å². The topological polar surface area (TPSA) is 82.1 Å². The van der Waals surface area contributed by atoms with Crippen molar-refractivity contribution in [3.8, 4) is 11.5 Å². The van der Waals surface area contributed by atoms with Crippen LogP contribution in [0.4, 0.5) is 0 Å². The standard InChI is InChI=1S/C24H29NO6S/c1-4-13-31-21-12-11-18(15-22(21)29-2)16-25(17-19-8-7-14-30-19)24(26)20-9-5-6-10-23(20)32(3,27)28/h4-6,9-12,15,19H,1,7-8,13-14,16-17H2,2-3H3/t19-/m1/s1. The molecule has 8 heteroatoms. The molecule has 1 aliphatic rings. The molecule has 1 saturated heterocycles. The van der Waals surface area contributed by atoms with Gasteiger partial charge in [0, 0.05) is 26.0 Å². The summed E-state index contributed by atoms with van der Waals surface area (Å²) >= 11 is 0. The fraction of sp³-hybridized carbons (Fsp3) is 0.375. The lowest BCUT2D eigenvalue weighted by atomic mass is 10.1. The zero-order valence-corrected chi connectivity index (χ0v) is 19.3. The van der Waals surface area contributed by atoms with Crippen LogP contribution < -0.4 is 9.47 Å². The number of amides is 1. The van der Waals surface area contributed by atoms with Gasteiger partial charge in [0.05, 0.1) is 23.7 Å². The zero-order valence-electron chi connectivity index (χ0n) is 18.5. The highest BCUT2D eigenvalue weighted by Gasteiger charge is 2.27. The second-order valence-corrected chi connectivity index (χ2v) is 9.66. The zero-order chi connectivity index (χ0) is 23.1. The molecule has 3 rings (SSSR count). The monoisotopic (exact) mass is 459 g/mol. The highest BCUT2D eigenvalue weighted by Crippen LogP contribution is 2.29. The molecule has 2 aromatic carbocycles. The minimum atomic E-state index is -3.56. The van der Waals surface area contributed by atoms with Crippen LogP contribution in [0.15, 0.2) is 60.0 Å². The van der Waals surface area contributed by atoms with E-state index in [4.69, 9.17) is 14.2 Å². The minimum absolute atomic E-state index is 0.0214. The summed E-state index contributed by atoms with van der Waals surface area (Å²) in [6, 6.07) is 11.8. The van der Waals surface area contributed by atoms with E-state index in [0.717, 1.165) is 24.7 Å². The molecule has 1 heterocycles. The average Bonchev–Trinajstić information content (AvgIpc) is 3.29. The Bertz CT molecular complexity index is 1060. The van der Waals surface area contributed by atoms with Crippen LogP contribution in [0.2, 0.25) is 0 Å². The molecule has 7 nitrogen and oxygen atoms in total. The lowest BCUT2D eigenvalue weighted by Gasteiger charge is -2.27. The summed E-state index contributed by atoms with van der Waals surface area (Å²) in [7, 11) is -2.01. The molecule has 0 aromatic heterocycles. The van der Waals surface area contributed by atoms with E-state index in [1.54, 1.807) is 42.4 Å². The second kappa shape index (κ2) is 10.7. The molecule has 32 heavy (non-hydrogen) atoms. The van der Waals surface area contributed by atoms with Crippen molar-refractivity contribution in [3.05, 3.63) is 66.2 Å². The fourth-order valence-corrected chi connectivity index (χ4v) is 4.57. The van der Waals surface area contributed by atoms with Crippen molar-refractivity contribution >= 4 is 15.7 Å². The smallest absolute Gasteiger partial charge is 0.255 e. The van der Waals surface area contributed by atoms with Gasteiger partial charge < -0.3 is 19.1 Å². The quantitative estimate of drug-likeness (QED) is 0.506. The first-order valence-electron chi connectivity index (χ1n) is 10.4. The number of ether oxygens (including phenoxy) is 3. The summed E-state index contributed by atoms with van der Waals surface area (Å²) < 4.78 is 41.3. The lowest BCUT2D eigenvalue weighted by Crippen LogP contribution is -2.37. The number of carbonyl (C=O) groups is 1. The third-order valence-electron chi connectivity index (χ3n) is 5.21. The number of nitrogens with zero attached hydrogens (tertiary/aromatic N) is 1. The first-order valence-corrected chi connectivity index (χ1v) is 12.3. The Labute approximate surface area is 189 Å². The van der Waals surface area contributed by atoms with Crippen LogP contribution >= 0.6 is 0 Å². The van der Waals surface area contributed by atoms with Gasteiger partial charge in [-0.05, 0) is 42.7 Å². The average molecular weight is 460 g/mol. The molecule has 0 unspecified atom stereocenters. The van der Waals surface area contributed by atoms with Crippen LogP contribution in [0, 0.1) is 0 Å². The summed E-state index contributed by atoms with van der Waals surface area (Å²) in [4.78, 5) is 15.2. The van der Waals surface area contributed by atoms with Crippen LogP contribution in [0.25, 0.3) is 0 Å². The number of sulfone groups is 1. The van der Waals surface area contributed by atoms with Crippen LogP contribution in [-0.4, -0.2) is 58.5 Å². The third-order valence-corrected chi connectivity index (χ3v) is 6.37. The van der Waals surface area contributed by atoms with Gasteiger partial charge >= 0.3 is 0 Å². The predicted octanol–water partition coefficient (Wildman–Crippen LogP) is 3.48. The van der Waals surface area contributed by atoms with E-state index >= 15 is 0 Å². The second-order valence-electron chi connectivity index (χ2n) is 7.67. The maximum Gasteiger partial charge on any atom is 0.255 e. The normalized spacial score (nSPS) is 15.9. The minimum Gasteiger partial charge on any atom is -0.493 e. The van der Waals surface area contributed by atoms with Gasteiger partial charge in [0.1, 0.15) is 6.61 Å². The van der Waals surface area contributed by atoms with Crippen molar-refractivity contribution in [2.24, 2.45) is 0 Å². The van der Waals surface area contributed by atoms with Crippen molar-refractivity contribution in [3.63, 3.8) is 0 Å². The molecular formula is C24H29NO6S. The van der Waals surface area contributed by atoms with Gasteiger partial charge in [0.25, 0.3) is 5.91 Å². The van der Waals surface area contributed by atoms with E-state index in [-0.39, 0.29) is 29.0 Å². The van der Waals surface area contributed by atoms with Crippen molar-refractivity contribution < 1.29 is 27.4 Å². The van der Waals surface area contributed by atoms with Gasteiger partial charge in [0.15, 0.2) is 21.3 Å². The van der Waals surface area contributed by atoms with Crippen molar-refractivity contribution in [1.82, 2.24) is 4.90 Å². The van der Waals surface area contributed by atoms with E-state index in [0.29, 0.717) is 31.3 Å². The Morgan fingerprint density at radius 3 is 2.69 bits per heavy atom. The number of carbonyl (C=O) groups excluding carboxylic acids is 1. The predicted molar refractivity (Wildman–Crippen MR) is 122 cm³/mol. The molecule has 1 aliphatic heterocycles. The molecule has 1 fully saturated rings. The summed E-state index contributed by atoms with van der Waals surface area (Å²) in [5.74, 6) is 0.772. The maximum absolute atomic E-state index is 13.5. The van der Waals surface area contributed by atoms with Gasteiger partial charge in [-0.15, -0.1) is 0 Å². The van der Waals surface area contributed by atoms with Gasteiger partial charge in [0.2, 0.25) is 0 Å². The highest BCUT2D eigenvalue weighted by molar-refractivity contribution is 7.90. The summed E-state index contributed by atoms with van der Waals surface area (Å²) in [6.45, 7) is 5.30. The molecule has 0 spiro atoms. The fourth-order valence-electron chi connectivity index (χ4n) is 3.69. The molecule has 1 atom stereocenters. The van der Waals surface area contributed by atoms with E-state index in [1.165, 1.54) is 6.07 Å². The van der Waals surface area contributed by atoms with E-state index in [2.05, 4.69) is 6.58 Å². The van der Waals surface area contributed by atoms with Crippen molar-refractivity contribution in [2.45, 2.75) is 30.4 Å². The maximum atomic E-state index is 13.5.